The number of benzene rings is 1. The van der Waals surface area contributed by atoms with Crippen LogP contribution in [0.3, 0.4) is 0 Å². The van der Waals surface area contributed by atoms with Gasteiger partial charge in [0.25, 0.3) is 5.91 Å². The van der Waals surface area contributed by atoms with Crippen LogP contribution in [0.15, 0.2) is 18.2 Å². The van der Waals surface area contributed by atoms with E-state index in [-0.39, 0.29) is 29.0 Å². The third-order valence-electron chi connectivity index (χ3n) is 3.39. The molecule has 0 unspecified atom stereocenters. The van der Waals surface area contributed by atoms with Crippen LogP contribution in [0.2, 0.25) is 0 Å². The molecule has 0 spiro atoms. The van der Waals surface area contributed by atoms with E-state index in [4.69, 9.17) is 5.73 Å². The Hall–Kier alpha value is -1.75. The summed E-state index contributed by atoms with van der Waals surface area (Å²) < 4.78 is 0. The SMILES string of the molecule is NCCN(C(=O)c1cccc(O)c1O)C1CCC1. The zero-order valence-corrected chi connectivity index (χ0v) is 10.2. The first-order valence-corrected chi connectivity index (χ1v) is 6.17. The average molecular weight is 250 g/mol. The molecular formula is C13H18N2O3. The van der Waals surface area contributed by atoms with E-state index < -0.39 is 0 Å². The molecule has 1 fully saturated rings. The van der Waals surface area contributed by atoms with E-state index in [1.807, 2.05) is 0 Å². The summed E-state index contributed by atoms with van der Waals surface area (Å²) in [7, 11) is 0. The summed E-state index contributed by atoms with van der Waals surface area (Å²) in [5, 5.41) is 19.2. The molecule has 98 valence electrons. The number of hydrogen-bond donors (Lipinski definition) is 3. The zero-order chi connectivity index (χ0) is 13.1. The number of nitrogens with zero attached hydrogens (tertiary/aromatic N) is 1. The molecule has 1 saturated carbocycles. The molecule has 5 heteroatoms. The van der Waals surface area contributed by atoms with Crippen molar-refractivity contribution in [2.24, 2.45) is 5.73 Å². The van der Waals surface area contributed by atoms with Crippen LogP contribution < -0.4 is 5.73 Å². The van der Waals surface area contributed by atoms with Crippen LogP contribution in [0, 0.1) is 0 Å². The van der Waals surface area contributed by atoms with Gasteiger partial charge in [-0.1, -0.05) is 6.07 Å². The molecule has 0 saturated heterocycles. The number of carbonyl (C=O) groups excluding carboxylic acids is 1. The molecule has 5 nitrogen and oxygen atoms in total. The molecule has 0 heterocycles. The summed E-state index contributed by atoms with van der Waals surface area (Å²) in [4.78, 5) is 14.0. The van der Waals surface area contributed by atoms with Gasteiger partial charge in [0.05, 0.1) is 5.56 Å². The lowest BCUT2D eigenvalue weighted by molar-refractivity contribution is 0.0585. The average Bonchev–Trinajstić information content (AvgIpc) is 2.29. The molecule has 1 aliphatic rings. The molecule has 0 aromatic heterocycles. The number of para-hydroxylation sites is 1. The monoisotopic (exact) mass is 250 g/mol. The Labute approximate surface area is 106 Å². The maximum absolute atomic E-state index is 12.3. The van der Waals surface area contributed by atoms with Crippen LogP contribution >= 0.6 is 0 Å². The van der Waals surface area contributed by atoms with Gasteiger partial charge in [0, 0.05) is 19.1 Å². The fourth-order valence-electron chi connectivity index (χ4n) is 2.15. The molecule has 4 N–H and O–H groups in total. The maximum atomic E-state index is 12.3. The number of carbonyl (C=O) groups is 1. The largest absolute Gasteiger partial charge is 0.504 e. The van der Waals surface area contributed by atoms with Crippen molar-refractivity contribution in [3.8, 4) is 11.5 Å². The van der Waals surface area contributed by atoms with Gasteiger partial charge in [0.2, 0.25) is 0 Å². The van der Waals surface area contributed by atoms with Crippen molar-refractivity contribution in [3.63, 3.8) is 0 Å². The molecular weight excluding hydrogens is 232 g/mol. The van der Waals surface area contributed by atoms with Crippen LogP contribution in [0.5, 0.6) is 11.5 Å². The second-order valence-corrected chi connectivity index (χ2v) is 4.55. The van der Waals surface area contributed by atoms with Crippen molar-refractivity contribution in [3.05, 3.63) is 23.8 Å². The van der Waals surface area contributed by atoms with Gasteiger partial charge >= 0.3 is 0 Å². The molecule has 0 atom stereocenters. The molecule has 2 rings (SSSR count). The Balaban J connectivity index is 2.24. The van der Waals surface area contributed by atoms with E-state index in [0.717, 1.165) is 19.3 Å². The second kappa shape index (κ2) is 5.27. The minimum atomic E-state index is -0.358. The van der Waals surface area contributed by atoms with Crippen molar-refractivity contribution in [1.82, 2.24) is 4.90 Å². The summed E-state index contributed by atoms with van der Waals surface area (Å²) in [5.74, 6) is -0.899. The first kappa shape index (κ1) is 12.7. The van der Waals surface area contributed by atoms with E-state index in [1.54, 1.807) is 11.0 Å². The summed E-state index contributed by atoms with van der Waals surface area (Å²) in [6.45, 7) is 0.862. The normalized spacial score (nSPS) is 15.2. The van der Waals surface area contributed by atoms with Crippen molar-refractivity contribution < 1.29 is 15.0 Å². The number of aromatic hydroxyl groups is 2. The Kier molecular flexibility index (Phi) is 3.72. The predicted octanol–water partition coefficient (Wildman–Crippen LogP) is 1.05. The van der Waals surface area contributed by atoms with Crippen LogP contribution in [-0.2, 0) is 0 Å². The number of nitrogens with two attached hydrogens (primary N) is 1. The molecule has 1 aromatic carbocycles. The van der Waals surface area contributed by atoms with E-state index in [0.29, 0.717) is 13.1 Å². The Morgan fingerprint density at radius 1 is 1.39 bits per heavy atom. The van der Waals surface area contributed by atoms with E-state index in [1.165, 1.54) is 12.1 Å². The van der Waals surface area contributed by atoms with E-state index >= 15 is 0 Å². The molecule has 1 amide bonds. The molecule has 18 heavy (non-hydrogen) atoms. The van der Waals surface area contributed by atoms with Gasteiger partial charge in [-0.25, -0.2) is 0 Å². The Bertz CT molecular complexity index is 444. The smallest absolute Gasteiger partial charge is 0.258 e. The Morgan fingerprint density at radius 2 is 2.11 bits per heavy atom. The van der Waals surface area contributed by atoms with Gasteiger partial charge < -0.3 is 20.8 Å². The number of amides is 1. The highest BCUT2D eigenvalue weighted by atomic mass is 16.3. The number of hydrogen-bond acceptors (Lipinski definition) is 4. The quantitative estimate of drug-likeness (QED) is 0.697. The van der Waals surface area contributed by atoms with Crippen LogP contribution in [0.4, 0.5) is 0 Å². The zero-order valence-electron chi connectivity index (χ0n) is 10.2. The summed E-state index contributed by atoms with van der Waals surface area (Å²) in [6, 6.07) is 4.62. The van der Waals surface area contributed by atoms with Gasteiger partial charge in [-0.05, 0) is 31.4 Å². The molecule has 1 aromatic rings. The fraction of sp³-hybridized carbons (Fsp3) is 0.462. The molecule has 0 aliphatic heterocycles. The highest BCUT2D eigenvalue weighted by molar-refractivity contribution is 5.97. The highest BCUT2D eigenvalue weighted by Gasteiger charge is 2.30. The summed E-state index contributed by atoms with van der Waals surface area (Å²) >= 11 is 0. The molecule has 0 radical (unpaired) electrons. The number of rotatable bonds is 4. The number of phenols is 2. The van der Waals surface area contributed by atoms with Crippen molar-refractivity contribution in [1.29, 1.82) is 0 Å². The molecule has 0 bridgehead atoms. The van der Waals surface area contributed by atoms with E-state index in [9.17, 15) is 15.0 Å². The standard InChI is InChI=1S/C13H18N2O3/c14-7-8-15(9-3-1-4-9)13(18)10-5-2-6-11(16)12(10)17/h2,5-6,9,16-17H,1,3-4,7-8,14H2. The lowest BCUT2D eigenvalue weighted by Gasteiger charge is -2.37. The summed E-state index contributed by atoms with van der Waals surface area (Å²) in [6.07, 6.45) is 3.07. The topological polar surface area (TPSA) is 86.8 Å². The van der Waals surface area contributed by atoms with Gasteiger partial charge in [-0.15, -0.1) is 0 Å². The Morgan fingerprint density at radius 3 is 2.67 bits per heavy atom. The van der Waals surface area contributed by atoms with Gasteiger partial charge in [0.15, 0.2) is 11.5 Å². The fourth-order valence-corrected chi connectivity index (χ4v) is 2.15. The van der Waals surface area contributed by atoms with Crippen LogP contribution in [-0.4, -0.2) is 40.2 Å². The minimum absolute atomic E-state index is 0.135. The lowest BCUT2D eigenvalue weighted by atomic mass is 9.91. The number of phenolic OH excluding ortho intramolecular Hbond substituents is 2. The third kappa shape index (κ3) is 2.26. The summed E-state index contributed by atoms with van der Waals surface area (Å²) in [5.41, 5.74) is 5.66. The van der Waals surface area contributed by atoms with Crippen molar-refractivity contribution >= 4 is 5.91 Å². The molecule has 1 aliphatic carbocycles. The van der Waals surface area contributed by atoms with Crippen LogP contribution in [0.25, 0.3) is 0 Å². The predicted molar refractivity (Wildman–Crippen MR) is 67.5 cm³/mol. The minimum Gasteiger partial charge on any atom is -0.504 e. The van der Waals surface area contributed by atoms with Crippen molar-refractivity contribution in [2.75, 3.05) is 13.1 Å². The second-order valence-electron chi connectivity index (χ2n) is 4.55. The van der Waals surface area contributed by atoms with Gasteiger partial charge in [-0.2, -0.15) is 0 Å². The van der Waals surface area contributed by atoms with Crippen molar-refractivity contribution in [2.45, 2.75) is 25.3 Å². The highest BCUT2D eigenvalue weighted by Crippen LogP contribution is 2.32. The lowest BCUT2D eigenvalue weighted by Crippen LogP contribution is -2.46. The third-order valence-corrected chi connectivity index (χ3v) is 3.39. The maximum Gasteiger partial charge on any atom is 0.258 e. The first-order valence-electron chi connectivity index (χ1n) is 6.17. The van der Waals surface area contributed by atoms with E-state index in [2.05, 4.69) is 0 Å². The van der Waals surface area contributed by atoms with Crippen LogP contribution in [0.1, 0.15) is 29.6 Å². The van der Waals surface area contributed by atoms with Gasteiger partial charge in [0.1, 0.15) is 0 Å². The van der Waals surface area contributed by atoms with Gasteiger partial charge in [-0.3, -0.25) is 4.79 Å². The first-order chi connectivity index (χ1) is 8.65.